The quantitative estimate of drug-likeness (QED) is 0.767. The lowest BCUT2D eigenvalue weighted by molar-refractivity contribution is 0.179. The lowest BCUT2D eigenvalue weighted by Crippen LogP contribution is -2.38. The van der Waals surface area contributed by atoms with E-state index in [2.05, 4.69) is 39.0 Å². The first-order valence-corrected chi connectivity index (χ1v) is 9.10. The zero-order valence-electron chi connectivity index (χ0n) is 14.9. The van der Waals surface area contributed by atoms with Crippen LogP contribution in [0, 0.1) is 0 Å². The normalized spacial score (nSPS) is 16.6. The zero-order valence-corrected chi connectivity index (χ0v) is 14.9. The van der Waals surface area contributed by atoms with Crippen LogP contribution in [0.2, 0.25) is 0 Å². The molecule has 4 rings (SSSR count). The Balaban J connectivity index is 1.56. The highest BCUT2D eigenvalue weighted by atomic mass is 16.3. The summed E-state index contributed by atoms with van der Waals surface area (Å²) in [5.41, 5.74) is 3.21. The number of pyridine rings is 2. The molecule has 6 heteroatoms. The molecule has 26 heavy (non-hydrogen) atoms. The minimum absolute atomic E-state index is 0.225. The van der Waals surface area contributed by atoms with Crippen molar-refractivity contribution >= 4 is 0 Å². The van der Waals surface area contributed by atoms with Gasteiger partial charge in [-0.1, -0.05) is 13.0 Å². The predicted octanol–water partition coefficient (Wildman–Crippen LogP) is 2.75. The first kappa shape index (κ1) is 16.7. The first-order valence-electron chi connectivity index (χ1n) is 9.10. The van der Waals surface area contributed by atoms with E-state index in [0.29, 0.717) is 11.9 Å². The second kappa shape index (κ2) is 7.25. The molecule has 3 heterocycles. The monoisotopic (exact) mass is 349 g/mol. The van der Waals surface area contributed by atoms with Gasteiger partial charge in [-0.3, -0.25) is 9.88 Å². The van der Waals surface area contributed by atoms with Crippen LogP contribution >= 0.6 is 0 Å². The number of fused-ring (bicyclic) bond motifs is 1. The highest BCUT2D eigenvalue weighted by Gasteiger charge is 2.29. The molecule has 134 valence electrons. The molecule has 0 radical (unpaired) electrons. The van der Waals surface area contributed by atoms with Crippen molar-refractivity contribution < 1.29 is 5.11 Å². The van der Waals surface area contributed by atoms with Crippen molar-refractivity contribution in [2.24, 2.45) is 0 Å². The number of rotatable bonds is 5. The SMILES string of the molecule is CCN(Cc1ccncc1)C1CCc2nn(-c3ccccn3)c(O)c2C1. The van der Waals surface area contributed by atoms with Gasteiger partial charge in [-0.05, 0) is 55.6 Å². The fourth-order valence-corrected chi connectivity index (χ4v) is 3.71. The van der Waals surface area contributed by atoms with E-state index in [1.165, 1.54) is 5.56 Å². The molecule has 3 aromatic rings. The standard InChI is InChI=1S/C20H23N5O/c1-2-24(14-15-8-11-21-12-9-15)16-6-7-18-17(13-16)20(26)25(23-18)19-5-3-4-10-22-19/h3-5,8-12,16,26H,2,6-7,13-14H2,1H3. The van der Waals surface area contributed by atoms with E-state index in [9.17, 15) is 5.11 Å². The lowest BCUT2D eigenvalue weighted by Gasteiger charge is -2.33. The minimum atomic E-state index is 0.225. The summed E-state index contributed by atoms with van der Waals surface area (Å²) in [7, 11) is 0. The van der Waals surface area contributed by atoms with Crippen molar-refractivity contribution in [1.29, 1.82) is 0 Å². The van der Waals surface area contributed by atoms with Crippen molar-refractivity contribution in [2.75, 3.05) is 6.54 Å². The molecule has 1 unspecified atom stereocenters. The number of aryl methyl sites for hydroxylation is 1. The van der Waals surface area contributed by atoms with Crippen LogP contribution in [0.15, 0.2) is 48.9 Å². The second-order valence-corrected chi connectivity index (χ2v) is 6.66. The number of nitrogens with zero attached hydrogens (tertiary/aromatic N) is 5. The van der Waals surface area contributed by atoms with Gasteiger partial charge in [-0.25, -0.2) is 4.98 Å². The van der Waals surface area contributed by atoms with Crippen molar-refractivity contribution in [1.82, 2.24) is 24.6 Å². The minimum Gasteiger partial charge on any atom is -0.493 e. The van der Waals surface area contributed by atoms with Crippen LogP contribution < -0.4 is 0 Å². The van der Waals surface area contributed by atoms with E-state index in [4.69, 9.17) is 0 Å². The maximum Gasteiger partial charge on any atom is 0.219 e. The summed E-state index contributed by atoms with van der Waals surface area (Å²) in [6, 6.07) is 10.1. The molecule has 0 amide bonds. The van der Waals surface area contributed by atoms with Crippen molar-refractivity contribution in [2.45, 2.75) is 38.8 Å². The van der Waals surface area contributed by atoms with Crippen LogP contribution in [0.3, 0.4) is 0 Å². The predicted molar refractivity (Wildman–Crippen MR) is 99.2 cm³/mol. The third-order valence-electron chi connectivity index (χ3n) is 5.12. The topological polar surface area (TPSA) is 67.1 Å². The molecule has 0 saturated heterocycles. The van der Waals surface area contributed by atoms with E-state index >= 15 is 0 Å². The van der Waals surface area contributed by atoms with E-state index in [-0.39, 0.29) is 5.88 Å². The summed E-state index contributed by atoms with van der Waals surface area (Å²) in [5, 5.41) is 15.3. The van der Waals surface area contributed by atoms with Gasteiger partial charge < -0.3 is 5.11 Å². The summed E-state index contributed by atoms with van der Waals surface area (Å²) >= 11 is 0. The Kier molecular flexibility index (Phi) is 4.67. The van der Waals surface area contributed by atoms with Crippen LogP contribution in [0.5, 0.6) is 5.88 Å². The molecule has 1 aliphatic rings. The molecule has 0 aliphatic heterocycles. The molecule has 0 spiro atoms. The third-order valence-corrected chi connectivity index (χ3v) is 5.12. The molecule has 3 aromatic heterocycles. The first-order chi connectivity index (χ1) is 12.8. The number of likely N-dealkylation sites (N-methyl/N-ethyl adjacent to an activating group) is 1. The largest absolute Gasteiger partial charge is 0.493 e. The highest BCUT2D eigenvalue weighted by Crippen LogP contribution is 2.32. The smallest absolute Gasteiger partial charge is 0.219 e. The fourth-order valence-electron chi connectivity index (χ4n) is 3.71. The number of hydrogen-bond acceptors (Lipinski definition) is 5. The zero-order chi connectivity index (χ0) is 17.9. The summed E-state index contributed by atoms with van der Waals surface area (Å²) in [6.07, 6.45) is 8.12. The number of aromatic nitrogens is 4. The lowest BCUT2D eigenvalue weighted by atomic mass is 9.91. The summed E-state index contributed by atoms with van der Waals surface area (Å²) in [4.78, 5) is 10.9. The van der Waals surface area contributed by atoms with Gasteiger partial charge in [0, 0.05) is 36.7 Å². The van der Waals surface area contributed by atoms with Crippen LogP contribution in [-0.4, -0.2) is 42.3 Å². The fraction of sp³-hybridized carbons (Fsp3) is 0.350. The van der Waals surface area contributed by atoms with Gasteiger partial charge in [0.1, 0.15) is 0 Å². The number of aromatic hydroxyl groups is 1. The summed E-state index contributed by atoms with van der Waals surface area (Å²) in [6.45, 7) is 4.06. The van der Waals surface area contributed by atoms with Crippen LogP contribution in [0.1, 0.15) is 30.2 Å². The highest BCUT2D eigenvalue weighted by molar-refractivity contribution is 5.39. The molecule has 0 bridgehead atoms. The maximum atomic E-state index is 10.7. The Labute approximate surface area is 153 Å². The number of hydrogen-bond donors (Lipinski definition) is 1. The van der Waals surface area contributed by atoms with Gasteiger partial charge >= 0.3 is 0 Å². The van der Waals surface area contributed by atoms with Crippen molar-refractivity contribution in [3.8, 4) is 11.7 Å². The van der Waals surface area contributed by atoms with Crippen LogP contribution in [-0.2, 0) is 19.4 Å². The molecule has 1 aliphatic carbocycles. The van der Waals surface area contributed by atoms with Gasteiger partial charge in [0.05, 0.1) is 5.69 Å². The molecule has 6 nitrogen and oxygen atoms in total. The Bertz CT molecular complexity index is 863. The maximum absolute atomic E-state index is 10.7. The van der Waals surface area contributed by atoms with Gasteiger partial charge in [0.15, 0.2) is 5.82 Å². The van der Waals surface area contributed by atoms with E-state index in [0.717, 1.165) is 43.6 Å². The Hall–Kier alpha value is -2.73. The third kappa shape index (κ3) is 3.20. The molecule has 1 N–H and O–H groups in total. The second-order valence-electron chi connectivity index (χ2n) is 6.66. The van der Waals surface area contributed by atoms with E-state index in [1.807, 2.05) is 30.6 Å². The summed E-state index contributed by atoms with van der Waals surface area (Å²) < 4.78 is 1.56. The molecular formula is C20H23N5O. The van der Waals surface area contributed by atoms with Crippen LogP contribution in [0.25, 0.3) is 5.82 Å². The average molecular weight is 349 g/mol. The van der Waals surface area contributed by atoms with Crippen molar-refractivity contribution in [3.05, 3.63) is 65.7 Å². The Morgan fingerprint density at radius 3 is 2.77 bits per heavy atom. The van der Waals surface area contributed by atoms with Gasteiger partial charge in [-0.15, -0.1) is 0 Å². The molecule has 1 atom stereocenters. The van der Waals surface area contributed by atoms with E-state index in [1.54, 1.807) is 10.9 Å². The molecule has 0 aromatic carbocycles. The van der Waals surface area contributed by atoms with Gasteiger partial charge in [0.2, 0.25) is 5.88 Å². The molecule has 0 fully saturated rings. The van der Waals surface area contributed by atoms with Gasteiger partial charge in [0.25, 0.3) is 0 Å². The average Bonchev–Trinajstić information content (AvgIpc) is 3.04. The van der Waals surface area contributed by atoms with Crippen molar-refractivity contribution in [3.63, 3.8) is 0 Å². The molecule has 0 saturated carbocycles. The molecular weight excluding hydrogens is 326 g/mol. The van der Waals surface area contributed by atoms with Gasteiger partial charge in [-0.2, -0.15) is 9.78 Å². The van der Waals surface area contributed by atoms with Crippen LogP contribution in [0.4, 0.5) is 0 Å². The Morgan fingerprint density at radius 1 is 1.19 bits per heavy atom. The Morgan fingerprint density at radius 2 is 2.04 bits per heavy atom. The van der Waals surface area contributed by atoms with E-state index < -0.39 is 0 Å². The summed E-state index contributed by atoms with van der Waals surface area (Å²) in [5.74, 6) is 0.878.